The number of rotatable bonds is 5. The Kier molecular flexibility index (Phi) is 4.31. The number of nitrogens with one attached hydrogen (secondary N) is 1. The van der Waals surface area contributed by atoms with E-state index in [0.29, 0.717) is 17.9 Å². The van der Waals surface area contributed by atoms with Gasteiger partial charge in [0.2, 0.25) is 0 Å². The lowest BCUT2D eigenvalue weighted by Crippen LogP contribution is -2.18. The molecule has 4 nitrogen and oxygen atoms in total. The number of hydrogen-bond donors (Lipinski definition) is 2. The summed E-state index contributed by atoms with van der Waals surface area (Å²) < 4.78 is 7.89. The lowest BCUT2D eigenvalue weighted by molar-refractivity contribution is 0.0624. The van der Waals surface area contributed by atoms with Crippen molar-refractivity contribution in [2.45, 2.75) is 33.1 Å². The summed E-state index contributed by atoms with van der Waals surface area (Å²) in [7, 11) is 0. The lowest BCUT2D eigenvalue weighted by atomic mass is 10.4. The zero-order valence-electron chi connectivity index (χ0n) is 8.49. The minimum absolute atomic E-state index is 0.00795. The maximum Gasteiger partial charge on any atom is 0.177 e. The van der Waals surface area contributed by atoms with Crippen LogP contribution in [0.4, 0.5) is 0 Å². The van der Waals surface area contributed by atoms with E-state index < -0.39 is 0 Å². The smallest absolute Gasteiger partial charge is 0.177 e. The Balaban J connectivity index is 2.74. The lowest BCUT2D eigenvalue weighted by Gasteiger charge is -2.13. The fourth-order valence-electron chi connectivity index (χ4n) is 1.36. The Labute approximate surface area is 88.5 Å². The maximum absolute atomic E-state index is 9.05. The topological polar surface area (TPSA) is 50.2 Å². The number of nitrogens with zero attached hydrogens (tertiary/aromatic N) is 1. The third kappa shape index (κ3) is 2.67. The minimum Gasteiger partial charge on any atom is -0.390 e. The van der Waals surface area contributed by atoms with Crippen molar-refractivity contribution < 1.29 is 9.84 Å². The SMILES string of the molecule is CCOC(C)Cn1c(CO)c[nH]c1=S. The van der Waals surface area contributed by atoms with Gasteiger partial charge in [-0.1, -0.05) is 0 Å². The predicted octanol–water partition coefficient (Wildman–Crippen LogP) is 1.46. The van der Waals surface area contributed by atoms with E-state index in [4.69, 9.17) is 22.1 Å². The standard InChI is InChI=1S/C9H16N2O2S/c1-3-13-7(2)5-11-8(6-12)4-10-9(11)14/h4,7,12H,3,5-6H2,1-2H3,(H,10,14). The second-order valence-corrected chi connectivity index (χ2v) is 3.51. The van der Waals surface area contributed by atoms with E-state index in [0.717, 1.165) is 5.69 Å². The van der Waals surface area contributed by atoms with Gasteiger partial charge in [-0.3, -0.25) is 0 Å². The van der Waals surface area contributed by atoms with Gasteiger partial charge in [0.1, 0.15) is 0 Å². The molecule has 0 saturated carbocycles. The number of aromatic amines is 1. The van der Waals surface area contributed by atoms with E-state index in [-0.39, 0.29) is 12.7 Å². The van der Waals surface area contributed by atoms with Crippen molar-refractivity contribution >= 4 is 12.2 Å². The number of aliphatic hydroxyl groups is 1. The fourth-order valence-corrected chi connectivity index (χ4v) is 1.61. The Morgan fingerprint density at radius 3 is 3.00 bits per heavy atom. The molecule has 1 atom stereocenters. The molecular formula is C9H16N2O2S. The first-order valence-corrected chi connectivity index (χ1v) is 5.09. The summed E-state index contributed by atoms with van der Waals surface area (Å²) in [5.74, 6) is 0. The van der Waals surface area contributed by atoms with E-state index in [1.807, 2.05) is 18.4 Å². The number of H-pyrrole nitrogens is 1. The van der Waals surface area contributed by atoms with E-state index in [9.17, 15) is 0 Å². The molecule has 14 heavy (non-hydrogen) atoms. The summed E-state index contributed by atoms with van der Waals surface area (Å²) in [5.41, 5.74) is 0.793. The van der Waals surface area contributed by atoms with Gasteiger partial charge in [-0.05, 0) is 26.1 Å². The van der Waals surface area contributed by atoms with Gasteiger partial charge in [-0.2, -0.15) is 0 Å². The van der Waals surface area contributed by atoms with Gasteiger partial charge in [0.05, 0.1) is 24.9 Å². The second-order valence-electron chi connectivity index (χ2n) is 3.12. The van der Waals surface area contributed by atoms with Gasteiger partial charge in [0, 0.05) is 12.8 Å². The normalized spacial score (nSPS) is 13.1. The molecule has 1 aromatic heterocycles. The molecule has 0 fully saturated rings. The highest BCUT2D eigenvalue weighted by Gasteiger charge is 2.07. The molecule has 0 aromatic carbocycles. The molecule has 0 aliphatic rings. The average Bonchev–Trinajstić information content (AvgIpc) is 2.48. The van der Waals surface area contributed by atoms with Crippen LogP contribution in [0.2, 0.25) is 0 Å². The molecule has 80 valence electrons. The number of aromatic nitrogens is 2. The molecule has 0 spiro atoms. The van der Waals surface area contributed by atoms with Crippen LogP contribution in [0.1, 0.15) is 19.5 Å². The first-order chi connectivity index (χ1) is 6.69. The van der Waals surface area contributed by atoms with Crippen LogP contribution in [0, 0.1) is 4.77 Å². The number of imidazole rings is 1. The minimum atomic E-state index is -0.00795. The maximum atomic E-state index is 9.05. The number of aliphatic hydroxyl groups excluding tert-OH is 1. The molecule has 2 N–H and O–H groups in total. The Morgan fingerprint density at radius 1 is 1.71 bits per heavy atom. The van der Waals surface area contributed by atoms with Gasteiger partial charge in [0.25, 0.3) is 0 Å². The Bertz CT molecular complexity index is 332. The van der Waals surface area contributed by atoms with Crippen LogP contribution in [-0.2, 0) is 17.9 Å². The number of ether oxygens (including phenoxy) is 1. The first-order valence-electron chi connectivity index (χ1n) is 4.68. The average molecular weight is 216 g/mol. The van der Waals surface area contributed by atoms with Gasteiger partial charge >= 0.3 is 0 Å². The van der Waals surface area contributed by atoms with Gasteiger partial charge < -0.3 is 19.4 Å². The van der Waals surface area contributed by atoms with Crippen molar-refractivity contribution in [3.63, 3.8) is 0 Å². The molecule has 0 amide bonds. The summed E-state index contributed by atoms with van der Waals surface area (Å²) in [4.78, 5) is 2.90. The van der Waals surface area contributed by atoms with Gasteiger partial charge in [0.15, 0.2) is 4.77 Å². The first kappa shape index (κ1) is 11.4. The Hall–Kier alpha value is -0.650. The molecule has 0 bridgehead atoms. The molecule has 0 radical (unpaired) electrons. The molecule has 0 aliphatic carbocycles. The monoisotopic (exact) mass is 216 g/mol. The van der Waals surface area contributed by atoms with Crippen LogP contribution in [0.3, 0.4) is 0 Å². The summed E-state index contributed by atoms with van der Waals surface area (Å²) >= 11 is 5.08. The third-order valence-corrected chi connectivity index (χ3v) is 2.35. The van der Waals surface area contributed by atoms with Crippen molar-refractivity contribution in [2.24, 2.45) is 0 Å². The van der Waals surface area contributed by atoms with Crippen molar-refractivity contribution in [3.8, 4) is 0 Å². The molecule has 0 saturated heterocycles. The summed E-state index contributed by atoms with van der Waals surface area (Å²) in [6.45, 7) is 5.30. The largest absolute Gasteiger partial charge is 0.390 e. The van der Waals surface area contributed by atoms with Crippen LogP contribution >= 0.6 is 12.2 Å². The summed E-state index contributed by atoms with van der Waals surface area (Å²) in [5, 5.41) is 9.05. The van der Waals surface area contributed by atoms with E-state index in [1.165, 1.54) is 0 Å². The molecule has 1 unspecified atom stereocenters. The van der Waals surface area contributed by atoms with Crippen LogP contribution < -0.4 is 0 Å². The molecule has 5 heteroatoms. The third-order valence-electron chi connectivity index (χ3n) is 2.01. The molecule has 1 heterocycles. The van der Waals surface area contributed by atoms with Crippen molar-refractivity contribution in [1.82, 2.24) is 9.55 Å². The zero-order chi connectivity index (χ0) is 10.6. The zero-order valence-corrected chi connectivity index (χ0v) is 9.30. The summed E-state index contributed by atoms with van der Waals surface area (Å²) in [6, 6.07) is 0. The fraction of sp³-hybridized carbons (Fsp3) is 0.667. The highest BCUT2D eigenvalue weighted by atomic mass is 32.1. The predicted molar refractivity (Wildman–Crippen MR) is 56.6 cm³/mol. The van der Waals surface area contributed by atoms with Crippen LogP contribution in [-0.4, -0.2) is 27.4 Å². The molecule has 1 aromatic rings. The second kappa shape index (κ2) is 5.29. The van der Waals surface area contributed by atoms with E-state index in [1.54, 1.807) is 6.20 Å². The highest BCUT2D eigenvalue weighted by molar-refractivity contribution is 7.71. The van der Waals surface area contributed by atoms with Crippen molar-refractivity contribution in [3.05, 3.63) is 16.7 Å². The molecular weight excluding hydrogens is 200 g/mol. The van der Waals surface area contributed by atoms with Crippen LogP contribution in [0.25, 0.3) is 0 Å². The number of hydrogen-bond acceptors (Lipinski definition) is 3. The van der Waals surface area contributed by atoms with E-state index >= 15 is 0 Å². The highest BCUT2D eigenvalue weighted by Crippen LogP contribution is 2.05. The van der Waals surface area contributed by atoms with Gasteiger partial charge in [-0.15, -0.1) is 0 Å². The Morgan fingerprint density at radius 2 is 2.43 bits per heavy atom. The molecule has 1 rings (SSSR count). The van der Waals surface area contributed by atoms with Crippen LogP contribution in [0.15, 0.2) is 6.20 Å². The van der Waals surface area contributed by atoms with E-state index in [2.05, 4.69) is 4.98 Å². The quantitative estimate of drug-likeness (QED) is 0.733. The summed E-state index contributed by atoms with van der Waals surface area (Å²) in [6.07, 6.45) is 1.83. The molecule has 0 aliphatic heterocycles. The van der Waals surface area contributed by atoms with Gasteiger partial charge in [-0.25, -0.2) is 0 Å². The van der Waals surface area contributed by atoms with Crippen LogP contribution in [0.5, 0.6) is 0 Å². The van der Waals surface area contributed by atoms with Crippen molar-refractivity contribution in [1.29, 1.82) is 0 Å². The van der Waals surface area contributed by atoms with Crippen molar-refractivity contribution in [2.75, 3.05) is 6.61 Å².